The lowest BCUT2D eigenvalue weighted by atomic mass is 10.0. The van der Waals surface area contributed by atoms with Gasteiger partial charge in [-0.3, -0.25) is 0 Å². The van der Waals surface area contributed by atoms with E-state index in [2.05, 4.69) is 0 Å². The van der Waals surface area contributed by atoms with E-state index in [1.54, 1.807) is 6.07 Å². The highest BCUT2D eigenvalue weighted by Gasteiger charge is 2.17. The normalized spacial score (nSPS) is 12.5. The van der Waals surface area contributed by atoms with E-state index in [0.29, 0.717) is 11.6 Å². The topological polar surface area (TPSA) is 0 Å². The molecule has 0 aliphatic rings. The molecule has 0 aliphatic heterocycles. The Morgan fingerprint density at radius 2 is 1.58 bits per heavy atom. The zero-order chi connectivity index (χ0) is 14.0. The Morgan fingerprint density at radius 1 is 0.895 bits per heavy atom. The SMILES string of the molecule is Fc1cccc(CC(Cl)c2cc(F)c(F)cc2F)c1. The van der Waals surface area contributed by atoms with Crippen LogP contribution in [0, 0.1) is 23.3 Å². The van der Waals surface area contributed by atoms with Crippen molar-refractivity contribution in [3.8, 4) is 0 Å². The van der Waals surface area contributed by atoms with Gasteiger partial charge >= 0.3 is 0 Å². The summed E-state index contributed by atoms with van der Waals surface area (Å²) in [6.07, 6.45) is 0.112. The molecule has 1 unspecified atom stereocenters. The van der Waals surface area contributed by atoms with Crippen molar-refractivity contribution in [3.63, 3.8) is 0 Å². The predicted octanol–water partition coefficient (Wildman–Crippen LogP) is 4.77. The van der Waals surface area contributed by atoms with Gasteiger partial charge < -0.3 is 0 Å². The minimum Gasteiger partial charge on any atom is -0.207 e. The molecule has 0 bridgehead atoms. The maximum atomic E-state index is 13.5. The molecule has 0 aliphatic carbocycles. The maximum Gasteiger partial charge on any atom is 0.161 e. The minimum absolute atomic E-state index is 0.112. The average Bonchev–Trinajstić information content (AvgIpc) is 2.33. The quantitative estimate of drug-likeness (QED) is 0.434. The van der Waals surface area contributed by atoms with Crippen molar-refractivity contribution in [2.75, 3.05) is 0 Å². The fourth-order valence-electron chi connectivity index (χ4n) is 1.76. The smallest absolute Gasteiger partial charge is 0.161 e. The first kappa shape index (κ1) is 13.9. The van der Waals surface area contributed by atoms with Crippen LogP contribution in [-0.2, 0) is 6.42 Å². The van der Waals surface area contributed by atoms with E-state index in [4.69, 9.17) is 11.6 Å². The summed E-state index contributed by atoms with van der Waals surface area (Å²) >= 11 is 5.97. The fourth-order valence-corrected chi connectivity index (χ4v) is 2.10. The van der Waals surface area contributed by atoms with Crippen molar-refractivity contribution in [1.82, 2.24) is 0 Å². The van der Waals surface area contributed by atoms with Crippen molar-refractivity contribution >= 4 is 11.6 Å². The third-order valence-corrected chi connectivity index (χ3v) is 3.07. The molecular formula is C14H9ClF4. The zero-order valence-electron chi connectivity index (χ0n) is 9.64. The van der Waals surface area contributed by atoms with Gasteiger partial charge in [0.25, 0.3) is 0 Å². The molecule has 2 aromatic carbocycles. The van der Waals surface area contributed by atoms with E-state index >= 15 is 0 Å². The van der Waals surface area contributed by atoms with Crippen molar-refractivity contribution in [1.29, 1.82) is 0 Å². The van der Waals surface area contributed by atoms with Crippen LogP contribution in [0.1, 0.15) is 16.5 Å². The highest BCUT2D eigenvalue weighted by atomic mass is 35.5. The van der Waals surface area contributed by atoms with Crippen LogP contribution in [0.15, 0.2) is 36.4 Å². The van der Waals surface area contributed by atoms with Gasteiger partial charge in [0.1, 0.15) is 11.6 Å². The maximum absolute atomic E-state index is 13.5. The summed E-state index contributed by atoms with van der Waals surface area (Å²) < 4.78 is 52.3. The molecule has 0 aromatic heterocycles. The lowest BCUT2D eigenvalue weighted by Gasteiger charge is -2.11. The Morgan fingerprint density at radius 3 is 2.26 bits per heavy atom. The van der Waals surface area contributed by atoms with Gasteiger partial charge in [0.15, 0.2) is 11.6 Å². The summed E-state index contributed by atoms with van der Waals surface area (Å²) in [5, 5.41) is -0.906. The number of hydrogen-bond donors (Lipinski definition) is 0. The predicted molar refractivity (Wildman–Crippen MR) is 65.0 cm³/mol. The molecule has 0 heterocycles. The van der Waals surface area contributed by atoms with E-state index in [9.17, 15) is 17.6 Å². The summed E-state index contributed by atoms with van der Waals surface area (Å²) in [6, 6.07) is 6.82. The third-order valence-electron chi connectivity index (χ3n) is 2.68. The Labute approximate surface area is 112 Å². The molecule has 0 amide bonds. The molecule has 2 aromatic rings. The van der Waals surface area contributed by atoms with E-state index in [1.165, 1.54) is 18.2 Å². The van der Waals surface area contributed by atoms with Crippen LogP contribution in [0.2, 0.25) is 0 Å². The Kier molecular flexibility index (Phi) is 4.10. The van der Waals surface area contributed by atoms with Gasteiger partial charge in [-0.1, -0.05) is 12.1 Å². The van der Waals surface area contributed by atoms with Crippen LogP contribution in [0.4, 0.5) is 17.6 Å². The van der Waals surface area contributed by atoms with Crippen LogP contribution in [0.5, 0.6) is 0 Å². The lowest BCUT2D eigenvalue weighted by molar-refractivity contribution is 0.489. The first-order valence-electron chi connectivity index (χ1n) is 5.50. The Balaban J connectivity index is 2.25. The molecule has 2 rings (SSSR count). The standard InChI is InChI=1S/C14H9ClF4/c15-11(5-8-2-1-3-9(16)4-8)10-6-13(18)14(19)7-12(10)17/h1-4,6-7,11H,5H2. The van der Waals surface area contributed by atoms with Crippen molar-refractivity contribution in [2.45, 2.75) is 11.8 Å². The second-order valence-corrected chi connectivity index (χ2v) is 4.62. The first-order valence-corrected chi connectivity index (χ1v) is 5.94. The largest absolute Gasteiger partial charge is 0.207 e. The molecule has 5 heteroatoms. The number of halogens is 5. The summed E-state index contributed by atoms with van der Waals surface area (Å²) in [5.74, 6) is -3.79. The minimum atomic E-state index is -1.27. The average molecular weight is 289 g/mol. The molecule has 0 fully saturated rings. The third kappa shape index (κ3) is 3.26. The van der Waals surface area contributed by atoms with E-state index in [1.807, 2.05) is 0 Å². The molecule has 1 atom stereocenters. The molecule has 100 valence electrons. The van der Waals surface area contributed by atoms with Gasteiger partial charge in [0.2, 0.25) is 0 Å². The molecular weight excluding hydrogens is 280 g/mol. The van der Waals surface area contributed by atoms with Gasteiger partial charge in [-0.15, -0.1) is 11.6 Å². The molecule has 0 N–H and O–H groups in total. The fraction of sp³-hybridized carbons (Fsp3) is 0.143. The first-order chi connectivity index (χ1) is 8.97. The summed E-state index contributed by atoms with van der Waals surface area (Å²) in [4.78, 5) is 0. The number of hydrogen-bond acceptors (Lipinski definition) is 0. The Bertz CT molecular complexity index is 598. The number of alkyl halides is 1. The van der Waals surface area contributed by atoms with Gasteiger partial charge in [-0.25, -0.2) is 17.6 Å². The molecule has 0 nitrogen and oxygen atoms in total. The van der Waals surface area contributed by atoms with Crippen molar-refractivity contribution < 1.29 is 17.6 Å². The second-order valence-electron chi connectivity index (χ2n) is 4.09. The van der Waals surface area contributed by atoms with E-state index in [0.717, 1.165) is 6.07 Å². The summed E-state index contributed by atoms with van der Waals surface area (Å²) in [5.41, 5.74) is 0.397. The molecule has 0 saturated heterocycles. The molecule has 0 saturated carbocycles. The molecule has 0 spiro atoms. The van der Waals surface area contributed by atoms with Crippen LogP contribution in [-0.4, -0.2) is 0 Å². The van der Waals surface area contributed by atoms with Crippen LogP contribution in [0.3, 0.4) is 0 Å². The lowest BCUT2D eigenvalue weighted by Crippen LogP contribution is -2.02. The Hall–Kier alpha value is -1.55. The monoisotopic (exact) mass is 288 g/mol. The van der Waals surface area contributed by atoms with Gasteiger partial charge in [-0.2, -0.15) is 0 Å². The van der Waals surface area contributed by atoms with Gasteiger partial charge in [0.05, 0.1) is 5.38 Å². The number of rotatable bonds is 3. The van der Waals surface area contributed by atoms with E-state index in [-0.39, 0.29) is 12.0 Å². The highest BCUT2D eigenvalue weighted by molar-refractivity contribution is 6.20. The van der Waals surface area contributed by atoms with Crippen molar-refractivity contribution in [2.24, 2.45) is 0 Å². The van der Waals surface area contributed by atoms with E-state index < -0.39 is 28.6 Å². The summed E-state index contributed by atoms with van der Waals surface area (Å²) in [6.45, 7) is 0. The van der Waals surface area contributed by atoms with Crippen LogP contribution in [0.25, 0.3) is 0 Å². The second kappa shape index (κ2) is 5.61. The molecule has 0 radical (unpaired) electrons. The molecule has 19 heavy (non-hydrogen) atoms. The summed E-state index contributed by atoms with van der Waals surface area (Å²) in [7, 11) is 0. The highest BCUT2D eigenvalue weighted by Crippen LogP contribution is 2.28. The van der Waals surface area contributed by atoms with Gasteiger partial charge in [-0.05, 0) is 30.2 Å². The number of benzene rings is 2. The van der Waals surface area contributed by atoms with Crippen LogP contribution < -0.4 is 0 Å². The zero-order valence-corrected chi connectivity index (χ0v) is 10.4. The van der Waals surface area contributed by atoms with Crippen LogP contribution >= 0.6 is 11.6 Å². The van der Waals surface area contributed by atoms with Gasteiger partial charge in [0, 0.05) is 11.6 Å². The van der Waals surface area contributed by atoms with Crippen molar-refractivity contribution in [3.05, 3.63) is 70.8 Å².